The molecule has 0 unspecified atom stereocenters. The zero-order chi connectivity index (χ0) is 12.3. The van der Waals surface area contributed by atoms with Crippen LogP contribution in [0.2, 0.25) is 0 Å². The smallest absolute Gasteiger partial charge is 0.324 e. The van der Waals surface area contributed by atoms with Gasteiger partial charge in [-0.2, -0.15) is 0 Å². The van der Waals surface area contributed by atoms with Gasteiger partial charge in [-0.05, 0) is 19.0 Å². The summed E-state index contributed by atoms with van der Waals surface area (Å²) in [6.07, 6.45) is 1.39. The van der Waals surface area contributed by atoms with E-state index in [2.05, 4.69) is 10.2 Å². The summed E-state index contributed by atoms with van der Waals surface area (Å²) in [5.41, 5.74) is 5.37. The number of nitro groups is 1. The fraction of sp³-hybridized carbons (Fsp3) is 0.333. The molecule has 0 saturated carbocycles. The minimum absolute atomic E-state index is 0.0571. The minimum Gasteiger partial charge on any atom is -0.420 e. The molecule has 17 heavy (non-hydrogen) atoms. The molecule has 2 aromatic heterocycles. The molecule has 2 N–H and O–H groups in total. The third-order valence-electron chi connectivity index (χ3n) is 2.04. The van der Waals surface area contributed by atoms with Crippen LogP contribution >= 0.6 is 11.3 Å². The number of rotatable bonds is 5. The number of hydrogen-bond acceptors (Lipinski definition) is 7. The molecule has 2 heterocycles. The van der Waals surface area contributed by atoms with Gasteiger partial charge < -0.3 is 10.2 Å². The molecule has 0 spiro atoms. The number of nitrogens with two attached hydrogens (primary N) is 1. The molecular weight excluding hydrogens is 244 g/mol. The van der Waals surface area contributed by atoms with Crippen molar-refractivity contribution in [3.63, 3.8) is 0 Å². The van der Waals surface area contributed by atoms with E-state index in [1.165, 1.54) is 6.07 Å². The molecule has 0 amide bonds. The number of aromatic nitrogens is 2. The van der Waals surface area contributed by atoms with E-state index < -0.39 is 4.92 Å². The van der Waals surface area contributed by atoms with Crippen molar-refractivity contribution in [3.05, 3.63) is 28.1 Å². The molecule has 7 nitrogen and oxygen atoms in total. The van der Waals surface area contributed by atoms with E-state index in [1.807, 2.05) is 0 Å². The summed E-state index contributed by atoms with van der Waals surface area (Å²) in [5, 5.41) is 18.3. The highest BCUT2D eigenvalue weighted by Gasteiger charge is 2.15. The summed E-state index contributed by atoms with van der Waals surface area (Å²) in [5.74, 6) is 0.816. The quantitative estimate of drug-likeness (QED) is 0.641. The lowest BCUT2D eigenvalue weighted by molar-refractivity contribution is -0.380. The van der Waals surface area contributed by atoms with E-state index in [-0.39, 0.29) is 5.00 Å². The second-order valence-corrected chi connectivity index (χ2v) is 4.35. The summed E-state index contributed by atoms with van der Waals surface area (Å²) < 4.78 is 5.37. The lowest BCUT2D eigenvalue weighted by atomic mass is 10.3. The standard InChI is InChI=1S/C9H10N4O3S/c10-5-1-2-7-11-12-9(16-7)6-3-4-8(17-6)13(14)15/h3-4H,1-2,5,10H2. The summed E-state index contributed by atoms with van der Waals surface area (Å²) >= 11 is 1.01. The third-order valence-corrected chi connectivity index (χ3v) is 3.07. The Balaban J connectivity index is 2.15. The van der Waals surface area contributed by atoms with Crippen LogP contribution in [0.5, 0.6) is 0 Å². The molecule has 0 saturated heterocycles. The van der Waals surface area contributed by atoms with Crippen molar-refractivity contribution < 1.29 is 9.34 Å². The van der Waals surface area contributed by atoms with Gasteiger partial charge in [0, 0.05) is 12.5 Å². The van der Waals surface area contributed by atoms with Gasteiger partial charge in [-0.3, -0.25) is 10.1 Å². The van der Waals surface area contributed by atoms with E-state index in [0.29, 0.717) is 29.6 Å². The van der Waals surface area contributed by atoms with Gasteiger partial charge in [-0.15, -0.1) is 10.2 Å². The molecule has 0 radical (unpaired) electrons. The Morgan fingerprint density at radius 3 is 2.94 bits per heavy atom. The van der Waals surface area contributed by atoms with Crippen LogP contribution in [0, 0.1) is 10.1 Å². The van der Waals surface area contributed by atoms with Gasteiger partial charge in [0.1, 0.15) is 0 Å². The normalized spacial score (nSPS) is 10.6. The summed E-state index contributed by atoms with van der Waals surface area (Å²) in [4.78, 5) is 10.7. The predicted octanol–water partition coefficient (Wildman–Crippen LogP) is 1.60. The van der Waals surface area contributed by atoms with Crippen molar-refractivity contribution >= 4 is 16.3 Å². The van der Waals surface area contributed by atoms with Crippen LogP contribution in [0.15, 0.2) is 16.5 Å². The van der Waals surface area contributed by atoms with Crippen LogP contribution < -0.4 is 5.73 Å². The van der Waals surface area contributed by atoms with Crippen LogP contribution in [0.25, 0.3) is 10.8 Å². The van der Waals surface area contributed by atoms with Gasteiger partial charge in [0.15, 0.2) is 0 Å². The van der Waals surface area contributed by atoms with Crippen LogP contribution in [0.4, 0.5) is 5.00 Å². The molecule has 8 heteroatoms. The highest BCUT2D eigenvalue weighted by atomic mass is 32.1. The largest absolute Gasteiger partial charge is 0.420 e. The zero-order valence-electron chi connectivity index (χ0n) is 8.83. The molecule has 0 atom stereocenters. The molecule has 0 aromatic carbocycles. The molecule has 2 rings (SSSR count). The predicted molar refractivity (Wildman–Crippen MR) is 61.6 cm³/mol. The summed E-state index contributed by atoms with van der Waals surface area (Å²) in [6.45, 7) is 0.558. The van der Waals surface area contributed by atoms with Crippen molar-refractivity contribution in [2.45, 2.75) is 12.8 Å². The Labute approximate surface area is 100 Å². The topological polar surface area (TPSA) is 108 Å². The average Bonchev–Trinajstić information content (AvgIpc) is 2.94. The molecular formula is C9H10N4O3S. The fourth-order valence-corrected chi connectivity index (χ4v) is 1.99. The van der Waals surface area contributed by atoms with Crippen molar-refractivity contribution in [1.29, 1.82) is 0 Å². The Morgan fingerprint density at radius 1 is 1.47 bits per heavy atom. The van der Waals surface area contributed by atoms with Gasteiger partial charge in [-0.1, -0.05) is 11.3 Å². The Bertz CT molecular complexity index is 522. The molecule has 0 aliphatic carbocycles. The lowest BCUT2D eigenvalue weighted by Crippen LogP contribution is -2.00. The highest BCUT2D eigenvalue weighted by molar-refractivity contribution is 7.18. The maximum atomic E-state index is 10.5. The van der Waals surface area contributed by atoms with E-state index in [1.54, 1.807) is 6.07 Å². The van der Waals surface area contributed by atoms with E-state index in [9.17, 15) is 10.1 Å². The summed E-state index contributed by atoms with van der Waals surface area (Å²) in [7, 11) is 0. The maximum Gasteiger partial charge on any atom is 0.324 e. The van der Waals surface area contributed by atoms with Crippen molar-refractivity contribution in [3.8, 4) is 10.8 Å². The van der Waals surface area contributed by atoms with E-state index in [0.717, 1.165) is 17.8 Å². The van der Waals surface area contributed by atoms with E-state index >= 15 is 0 Å². The van der Waals surface area contributed by atoms with Gasteiger partial charge in [0.2, 0.25) is 5.89 Å². The highest BCUT2D eigenvalue weighted by Crippen LogP contribution is 2.31. The van der Waals surface area contributed by atoms with Crippen LogP contribution in [-0.4, -0.2) is 21.7 Å². The molecule has 0 fully saturated rings. The van der Waals surface area contributed by atoms with Crippen LogP contribution in [0.3, 0.4) is 0 Å². The van der Waals surface area contributed by atoms with Gasteiger partial charge >= 0.3 is 5.00 Å². The Hall–Kier alpha value is -1.80. The number of nitrogens with zero attached hydrogens (tertiary/aromatic N) is 3. The van der Waals surface area contributed by atoms with Crippen molar-refractivity contribution in [2.24, 2.45) is 5.73 Å². The molecule has 0 aliphatic rings. The monoisotopic (exact) mass is 254 g/mol. The fourth-order valence-electron chi connectivity index (χ4n) is 1.25. The molecule has 0 bridgehead atoms. The van der Waals surface area contributed by atoms with Gasteiger partial charge in [0.25, 0.3) is 5.89 Å². The Morgan fingerprint density at radius 2 is 2.29 bits per heavy atom. The Kier molecular flexibility index (Phi) is 3.45. The second-order valence-electron chi connectivity index (χ2n) is 3.29. The first-order valence-corrected chi connectivity index (χ1v) is 5.79. The zero-order valence-corrected chi connectivity index (χ0v) is 9.64. The number of thiophene rings is 1. The first-order chi connectivity index (χ1) is 8.20. The summed E-state index contributed by atoms with van der Waals surface area (Å²) in [6, 6.07) is 3.02. The third kappa shape index (κ3) is 2.66. The molecule has 0 aliphatic heterocycles. The van der Waals surface area contributed by atoms with Crippen molar-refractivity contribution in [1.82, 2.24) is 10.2 Å². The second kappa shape index (κ2) is 5.02. The number of hydrogen-bond donors (Lipinski definition) is 1. The first-order valence-electron chi connectivity index (χ1n) is 4.97. The minimum atomic E-state index is -0.445. The maximum absolute atomic E-state index is 10.5. The SMILES string of the molecule is NCCCc1nnc(-c2ccc([N+](=O)[O-])s2)o1. The molecule has 90 valence electrons. The van der Waals surface area contributed by atoms with Crippen molar-refractivity contribution in [2.75, 3.05) is 6.54 Å². The number of aryl methyl sites for hydroxylation is 1. The lowest BCUT2D eigenvalue weighted by Gasteiger charge is -1.89. The average molecular weight is 254 g/mol. The first kappa shape index (κ1) is 11.7. The van der Waals surface area contributed by atoms with Gasteiger partial charge in [-0.25, -0.2) is 0 Å². The molecule has 2 aromatic rings. The van der Waals surface area contributed by atoms with Crippen LogP contribution in [0.1, 0.15) is 12.3 Å². The van der Waals surface area contributed by atoms with Crippen LogP contribution in [-0.2, 0) is 6.42 Å². The van der Waals surface area contributed by atoms with E-state index in [4.69, 9.17) is 10.2 Å². The van der Waals surface area contributed by atoms with Gasteiger partial charge in [0.05, 0.1) is 9.80 Å².